The standard InChI is InChI=1S/C22H21Br2N3O4S/c1-5-6-25-22-27(26-11-13-7-15(23)20(28)16(24)8-13)17(12-32-22)14-9-18(29-2)21(31-4)19(10-14)30-3/h5,7-12,28H,1,6H2,2-4H3. The van der Waals surface area contributed by atoms with E-state index in [0.29, 0.717) is 37.5 Å². The lowest BCUT2D eigenvalue weighted by Gasteiger charge is -2.14. The van der Waals surface area contributed by atoms with Crippen LogP contribution in [0.5, 0.6) is 23.0 Å². The third-order valence-electron chi connectivity index (χ3n) is 4.36. The second-order valence-electron chi connectivity index (χ2n) is 6.34. The van der Waals surface area contributed by atoms with Crippen LogP contribution in [0.1, 0.15) is 5.56 Å². The minimum Gasteiger partial charge on any atom is -0.506 e. The highest BCUT2D eigenvalue weighted by Crippen LogP contribution is 2.41. The van der Waals surface area contributed by atoms with Gasteiger partial charge in [-0.2, -0.15) is 5.10 Å². The van der Waals surface area contributed by atoms with E-state index in [2.05, 4.69) is 48.5 Å². The van der Waals surface area contributed by atoms with E-state index in [-0.39, 0.29) is 5.75 Å². The van der Waals surface area contributed by atoms with Crippen molar-refractivity contribution in [2.24, 2.45) is 10.1 Å². The Morgan fingerprint density at radius 3 is 2.22 bits per heavy atom. The molecule has 0 bridgehead atoms. The van der Waals surface area contributed by atoms with Crippen LogP contribution in [0, 0.1) is 0 Å². The van der Waals surface area contributed by atoms with Crippen LogP contribution in [0.3, 0.4) is 0 Å². The van der Waals surface area contributed by atoms with E-state index in [4.69, 9.17) is 14.2 Å². The van der Waals surface area contributed by atoms with Crippen LogP contribution >= 0.6 is 43.2 Å². The van der Waals surface area contributed by atoms with Gasteiger partial charge < -0.3 is 19.3 Å². The molecule has 3 aromatic rings. The van der Waals surface area contributed by atoms with Gasteiger partial charge in [-0.1, -0.05) is 6.08 Å². The van der Waals surface area contributed by atoms with Gasteiger partial charge >= 0.3 is 0 Å². The zero-order valence-electron chi connectivity index (χ0n) is 17.6. The number of phenolic OH excluding ortho intramolecular Hbond substituents is 1. The third-order valence-corrected chi connectivity index (χ3v) is 6.43. The number of aromatic nitrogens is 1. The molecule has 0 fully saturated rings. The molecule has 0 amide bonds. The number of aromatic hydroxyl groups is 1. The third kappa shape index (κ3) is 5.08. The van der Waals surface area contributed by atoms with Gasteiger partial charge in [0.25, 0.3) is 0 Å². The number of rotatable bonds is 8. The summed E-state index contributed by atoms with van der Waals surface area (Å²) in [5, 5.41) is 16.6. The predicted octanol–water partition coefficient (Wildman–Crippen LogP) is 5.44. The zero-order chi connectivity index (χ0) is 23.3. The van der Waals surface area contributed by atoms with Crippen molar-refractivity contribution in [2.45, 2.75) is 0 Å². The molecule has 2 aromatic carbocycles. The summed E-state index contributed by atoms with van der Waals surface area (Å²) in [6.07, 6.45) is 3.41. The molecule has 1 aromatic heterocycles. The molecule has 7 nitrogen and oxygen atoms in total. The Morgan fingerprint density at radius 1 is 1.06 bits per heavy atom. The first-order valence-electron chi connectivity index (χ1n) is 9.28. The van der Waals surface area contributed by atoms with Gasteiger partial charge in [0.15, 0.2) is 11.5 Å². The fraction of sp³-hybridized carbons (Fsp3) is 0.182. The average molecular weight is 583 g/mol. The van der Waals surface area contributed by atoms with E-state index < -0.39 is 0 Å². The summed E-state index contributed by atoms with van der Waals surface area (Å²) in [6, 6.07) is 7.27. The van der Waals surface area contributed by atoms with E-state index in [0.717, 1.165) is 16.8 Å². The van der Waals surface area contributed by atoms with Crippen LogP contribution in [-0.2, 0) is 0 Å². The van der Waals surface area contributed by atoms with E-state index in [1.165, 1.54) is 11.3 Å². The maximum atomic E-state index is 9.96. The number of phenols is 1. The lowest BCUT2D eigenvalue weighted by atomic mass is 10.1. The number of nitrogens with zero attached hydrogens (tertiary/aromatic N) is 3. The number of thiazole rings is 1. The van der Waals surface area contributed by atoms with Gasteiger partial charge in [0.05, 0.1) is 48.7 Å². The molecule has 32 heavy (non-hydrogen) atoms. The number of ether oxygens (including phenoxy) is 3. The predicted molar refractivity (Wildman–Crippen MR) is 135 cm³/mol. The maximum absolute atomic E-state index is 9.96. The highest BCUT2D eigenvalue weighted by molar-refractivity contribution is 9.11. The second kappa shape index (κ2) is 10.8. The smallest absolute Gasteiger partial charge is 0.206 e. The zero-order valence-corrected chi connectivity index (χ0v) is 21.6. The number of hydrogen-bond acceptors (Lipinski definition) is 7. The average Bonchev–Trinajstić information content (AvgIpc) is 3.21. The van der Waals surface area contributed by atoms with E-state index in [1.807, 2.05) is 17.5 Å². The van der Waals surface area contributed by atoms with Gasteiger partial charge in [0.1, 0.15) is 5.75 Å². The highest BCUT2D eigenvalue weighted by Gasteiger charge is 2.17. The molecule has 0 saturated heterocycles. The number of methoxy groups -OCH3 is 3. The Kier molecular flexibility index (Phi) is 8.16. The molecule has 1 N–H and O–H groups in total. The Labute approximate surface area is 206 Å². The Hall–Kier alpha value is -2.56. The van der Waals surface area contributed by atoms with Crippen molar-refractivity contribution in [1.29, 1.82) is 0 Å². The molecule has 0 unspecified atom stereocenters. The number of halogens is 2. The van der Waals surface area contributed by atoms with Crippen molar-refractivity contribution >= 4 is 49.4 Å². The Balaban J connectivity index is 2.17. The first-order chi connectivity index (χ1) is 15.4. The normalized spacial score (nSPS) is 11.7. The van der Waals surface area contributed by atoms with Gasteiger partial charge in [-0.3, -0.25) is 4.99 Å². The maximum Gasteiger partial charge on any atom is 0.206 e. The summed E-state index contributed by atoms with van der Waals surface area (Å²) < 4.78 is 19.3. The van der Waals surface area contributed by atoms with Gasteiger partial charge in [0, 0.05) is 10.9 Å². The molecule has 0 atom stereocenters. The number of hydrogen-bond donors (Lipinski definition) is 1. The summed E-state index contributed by atoms with van der Waals surface area (Å²) >= 11 is 8.15. The van der Waals surface area contributed by atoms with Crippen LogP contribution in [-0.4, -0.2) is 43.9 Å². The molecular weight excluding hydrogens is 562 g/mol. The molecule has 0 aliphatic rings. The lowest BCUT2D eigenvalue weighted by molar-refractivity contribution is 0.324. The first-order valence-corrected chi connectivity index (χ1v) is 11.7. The Morgan fingerprint density at radius 2 is 1.69 bits per heavy atom. The van der Waals surface area contributed by atoms with Gasteiger partial charge in [-0.25, -0.2) is 4.68 Å². The molecule has 1 heterocycles. The topological polar surface area (TPSA) is 77.6 Å². The monoisotopic (exact) mass is 581 g/mol. The van der Waals surface area contributed by atoms with Crippen LogP contribution in [0.2, 0.25) is 0 Å². The molecule has 0 aliphatic carbocycles. The molecule has 0 saturated carbocycles. The van der Waals surface area contributed by atoms with E-state index in [9.17, 15) is 5.11 Å². The summed E-state index contributed by atoms with van der Waals surface area (Å²) in [6.45, 7) is 4.20. The molecule has 3 rings (SSSR count). The fourth-order valence-corrected chi connectivity index (χ4v) is 4.94. The van der Waals surface area contributed by atoms with Crippen LogP contribution in [0.4, 0.5) is 0 Å². The van der Waals surface area contributed by atoms with Crippen molar-refractivity contribution in [2.75, 3.05) is 27.9 Å². The van der Waals surface area contributed by atoms with E-state index >= 15 is 0 Å². The SMILES string of the molecule is C=CCN=c1scc(-c2cc(OC)c(OC)c(OC)c2)n1N=Cc1cc(Br)c(O)c(Br)c1. The minimum absolute atomic E-state index is 0.130. The fourth-order valence-electron chi connectivity index (χ4n) is 2.87. The minimum atomic E-state index is 0.130. The van der Waals surface area contributed by atoms with Crippen LogP contribution in [0.25, 0.3) is 11.3 Å². The quantitative estimate of drug-likeness (QED) is 0.283. The summed E-state index contributed by atoms with van der Waals surface area (Å²) in [7, 11) is 4.72. The highest BCUT2D eigenvalue weighted by atomic mass is 79.9. The van der Waals surface area contributed by atoms with Gasteiger partial charge in [-0.05, 0) is 61.7 Å². The summed E-state index contributed by atoms with van der Waals surface area (Å²) in [4.78, 5) is 5.25. The lowest BCUT2D eigenvalue weighted by Crippen LogP contribution is -2.12. The van der Waals surface area contributed by atoms with Crippen molar-refractivity contribution in [1.82, 2.24) is 4.68 Å². The van der Waals surface area contributed by atoms with Crippen molar-refractivity contribution in [3.05, 3.63) is 61.6 Å². The number of benzene rings is 2. The van der Waals surface area contributed by atoms with Crippen molar-refractivity contribution < 1.29 is 19.3 Å². The van der Waals surface area contributed by atoms with Crippen molar-refractivity contribution in [3.63, 3.8) is 0 Å². The first kappa shape index (κ1) is 24.1. The molecule has 0 aliphatic heterocycles. The van der Waals surface area contributed by atoms with Crippen LogP contribution < -0.4 is 19.0 Å². The molecule has 10 heteroatoms. The Bertz CT molecular complexity index is 1190. The van der Waals surface area contributed by atoms with Crippen molar-refractivity contribution in [3.8, 4) is 34.3 Å². The molecule has 168 valence electrons. The van der Waals surface area contributed by atoms with Gasteiger partial charge in [0.2, 0.25) is 10.6 Å². The molecular formula is C22H21Br2N3O4S. The summed E-state index contributed by atoms with van der Waals surface area (Å²) in [5.74, 6) is 1.73. The van der Waals surface area contributed by atoms with Crippen LogP contribution in [0.15, 0.2) is 61.3 Å². The molecule has 0 radical (unpaired) electrons. The van der Waals surface area contributed by atoms with E-state index in [1.54, 1.807) is 50.4 Å². The largest absolute Gasteiger partial charge is 0.506 e. The van der Waals surface area contributed by atoms with Gasteiger partial charge in [-0.15, -0.1) is 17.9 Å². The second-order valence-corrected chi connectivity index (χ2v) is 8.88. The summed E-state index contributed by atoms with van der Waals surface area (Å²) in [5.41, 5.74) is 2.40. The molecule has 0 spiro atoms.